The lowest BCUT2D eigenvalue weighted by Gasteiger charge is -2.17. The highest BCUT2D eigenvalue weighted by Gasteiger charge is 2.30. The summed E-state index contributed by atoms with van der Waals surface area (Å²) in [4.78, 5) is 13.6. The van der Waals surface area contributed by atoms with E-state index in [9.17, 15) is 26.4 Å². The molecule has 0 unspecified atom stereocenters. The normalized spacial score (nSPS) is 12.0. The van der Waals surface area contributed by atoms with Gasteiger partial charge in [-0.2, -0.15) is 13.2 Å². The summed E-state index contributed by atoms with van der Waals surface area (Å²) in [5.41, 5.74) is 0.0660. The molecule has 0 spiro atoms. The van der Waals surface area contributed by atoms with Crippen molar-refractivity contribution in [2.75, 3.05) is 13.6 Å². The molecule has 5 nitrogen and oxygen atoms in total. The molecule has 2 rings (SSSR count). The van der Waals surface area contributed by atoms with Crippen molar-refractivity contribution in [1.82, 2.24) is 9.62 Å². The summed E-state index contributed by atoms with van der Waals surface area (Å²) in [6, 6.07) is 13.5. The largest absolute Gasteiger partial charge is 0.416 e. The van der Waals surface area contributed by atoms with Crippen LogP contribution in [-0.4, -0.2) is 32.8 Å². The topological polar surface area (TPSA) is 66.5 Å². The summed E-state index contributed by atoms with van der Waals surface area (Å²) >= 11 is 0. The van der Waals surface area contributed by atoms with Gasteiger partial charge in [-0.15, -0.1) is 0 Å². The molecule has 2 aromatic rings. The first-order valence-electron chi connectivity index (χ1n) is 8.48. The Morgan fingerprint density at radius 1 is 1.04 bits per heavy atom. The van der Waals surface area contributed by atoms with Crippen LogP contribution in [0.2, 0.25) is 0 Å². The number of hydrogen-bond donors (Lipinski definition) is 1. The third-order valence-electron chi connectivity index (χ3n) is 3.96. The average molecular weight is 414 g/mol. The second-order valence-corrected chi connectivity index (χ2v) is 8.14. The highest BCUT2D eigenvalue weighted by atomic mass is 32.2. The Kier molecular flexibility index (Phi) is 7.20. The van der Waals surface area contributed by atoms with Crippen molar-refractivity contribution in [1.29, 1.82) is 0 Å². The molecule has 1 N–H and O–H groups in total. The number of alkyl halides is 3. The van der Waals surface area contributed by atoms with E-state index in [0.717, 1.165) is 23.8 Å². The fraction of sp³-hybridized carbons (Fsp3) is 0.316. The second-order valence-electron chi connectivity index (χ2n) is 6.34. The van der Waals surface area contributed by atoms with Gasteiger partial charge in [0.25, 0.3) is 0 Å². The smallest absolute Gasteiger partial charge is 0.341 e. The molecule has 0 aromatic heterocycles. The summed E-state index contributed by atoms with van der Waals surface area (Å²) in [5.74, 6) is -0.837. The molecule has 0 aliphatic heterocycles. The van der Waals surface area contributed by atoms with E-state index in [1.165, 1.54) is 11.0 Å². The zero-order valence-electron chi connectivity index (χ0n) is 15.2. The summed E-state index contributed by atoms with van der Waals surface area (Å²) in [5, 5.41) is 0. The predicted molar refractivity (Wildman–Crippen MR) is 99.6 cm³/mol. The molecule has 0 aliphatic carbocycles. The van der Waals surface area contributed by atoms with Crippen LogP contribution in [-0.2, 0) is 33.3 Å². The van der Waals surface area contributed by atoms with Crippen LogP contribution in [0, 0.1) is 0 Å². The SMILES string of the molecule is CN(Cc1ccccc1)C(=O)CCNS(=O)(=O)Cc1cccc(C(F)(F)F)c1. The van der Waals surface area contributed by atoms with Crippen LogP contribution in [0.25, 0.3) is 0 Å². The summed E-state index contributed by atoms with van der Waals surface area (Å²) in [6.45, 7) is 0.274. The van der Waals surface area contributed by atoms with Crippen LogP contribution in [0.3, 0.4) is 0 Å². The molecule has 0 saturated carbocycles. The predicted octanol–water partition coefficient (Wildman–Crippen LogP) is 3.17. The Balaban J connectivity index is 1.85. The van der Waals surface area contributed by atoms with Crippen molar-refractivity contribution in [2.45, 2.75) is 24.9 Å². The number of nitrogens with zero attached hydrogens (tertiary/aromatic N) is 1. The van der Waals surface area contributed by atoms with Gasteiger partial charge in [-0.1, -0.05) is 48.5 Å². The number of benzene rings is 2. The first-order chi connectivity index (χ1) is 13.1. The van der Waals surface area contributed by atoms with Crippen LogP contribution >= 0.6 is 0 Å². The number of carbonyl (C=O) groups excluding carboxylic acids is 1. The van der Waals surface area contributed by atoms with Gasteiger partial charge in [0.1, 0.15) is 0 Å². The van der Waals surface area contributed by atoms with Crippen molar-refractivity contribution in [2.24, 2.45) is 0 Å². The van der Waals surface area contributed by atoms with Gasteiger partial charge < -0.3 is 4.90 Å². The zero-order chi connectivity index (χ0) is 20.8. The molecule has 0 atom stereocenters. The number of nitrogens with one attached hydrogen (secondary N) is 1. The Morgan fingerprint density at radius 2 is 1.68 bits per heavy atom. The van der Waals surface area contributed by atoms with Crippen LogP contribution in [0.5, 0.6) is 0 Å². The minimum absolute atomic E-state index is 0.0230. The van der Waals surface area contributed by atoms with E-state index in [1.807, 2.05) is 30.3 Å². The zero-order valence-corrected chi connectivity index (χ0v) is 16.1. The number of halogens is 3. The van der Waals surface area contributed by atoms with Crippen LogP contribution in [0.1, 0.15) is 23.1 Å². The molecule has 0 heterocycles. The van der Waals surface area contributed by atoms with E-state index in [1.54, 1.807) is 7.05 Å². The first-order valence-corrected chi connectivity index (χ1v) is 10.1. The van der Waals surface area contributed by atoms with Crippen LogP contribution < -0.4 is 4.72 Å². The van der Waals surface area contributed by atoms with E-state index in [4.69, 9.17) is 0 Å². The summed E-state index contributed by atoms with van der Waals surface area (Å²) in [7, 11) is -2.25. The van der Waals surface area contributed by atoms with Gasteiger partial charge >= 0.3 is 6.18 Å². The van der Waals surface area contributed by atoms with E-state index < -0.39 is 27.5 Å². The van der Waals surface area contributed by atoms with Gasteiger partial charge in [0.15, 0.2) is 0 Å². The third kappa shape index (κ3) is 6.97. The van der Waals surface area contributed by atoms with E-state index in [2.05, 4.69) is 4.72 Å². The lowest BCUT2D eigenvalue weighted by atomic mass is 10.1. The van der Waals surface area contributed by atoms with Crippen molar-refractivity contribution in [3.05, 3.63) is 71.3 Å². The minimum Gasteiger partial charge on any atom is -0.341 e. The maximum absolute atomic E-state index is 12.7. The molecule has 9 heteroatoms. The van der Waals surface area contributed by atoms with Gasteiger partial charge in [-0.3, -0.25) is 4.79 Å². The van der Waals surface area contributed by atoms with Gasteiger partial charge in [0, 0.05) is 26.6 Å². The molecule has 0 bridgehead atoms. The Labute approximate surface area is 162 Å². The standard InChI is InChI=1S/C19H21F3N2O3S/c1-24(13-15-6-3-2-4-7-15)18(25)10-11-23-28(26,27)14-16-8-5-9-17(12-16)19(20,21)22/h2-9,12,23H,10-11,13-14H2,1H3. The van der Waals surface area contributed by atoms with Crippen molar-refractivity contribution in [3.63, 3.8) is 0 Å². The molecule has 0 aliphatic rings. The quantitative estimate of drug-likeness (QED) is 0.722. The Morgan fingerprint density at radius 3 is 2.32 bits per heavy atom. The molecule has 0 saturated heterocycles. The van der Waals surface area contributed by atoms with Crippen molar-refractivity contribution in [3.8, 4) is 0 Å². The Bertz CT molecular complexity index is 900. The summed E-state index contributed by atoms with van der Waals surface area (Å²) in [6.07, 6.45) is -4.59. The Hall–Kier alpha value is -2.39. The highest BCUT2D eigenvalue weighted by molar-refractivity contribution is 7.88. The van der Waals surface area contributed by atoms with Gasteiger partial charge in [0.2, 0.25) is 15.9 Å². The van der Waals surface area contributed by atoms with Crippen LogP contribution in [0.15, 0.2) is 54.6 Å². The fourth-order valence-corrected chi connectivity index (χ4v) is 3.69. The number of rotatable bonds is 8. The number of carbonyl (C=O) groups is 1. The second kappa shape index (κ2) is 9.20. The van der Waals surface area contributed by atoms with E-state index >= 15 is 0 Å². The highest BCUT2D eigenvalue weighted by Crippen LogP contribution is 2.29. The molecule has 2 aromatic carbocycles. The maximum atomic E-state index is 12.7. The van der Waals surface area contributed by atoms with Gasteiger partial charge in [0.05, 0.1) is 11.3 Å². The number of amides is 1. The van der Waals surface area contributed by atoms with Crippen molar-refractivity contribution < 1.29 is 26.4 Å². The number of sulfonamides is 1. The van der Waals surface area contributed by atoms with E-state index in [-0.39, 0.29) is 24.4 Å². The number of hydrogen-bond acceptors (Lipinski definition) is 3. The molecule has 0 fully saturated rings. The molecule has 1 amide bonds. The van der Waals surface area contributed by atoms with Gasteiger partial charge in [-0.05, 0) is 17.2 Å². The molecule has 28 heavy (non-hydrogen) atoms. The maximum Gasteiger partial charge on any atom is 0.416 e. The molecular weight excluding hydrogens is 393 g/mol. The third-order valence-corrected chi connectivity index (χ3v) is 5.32. The van der Waals surface area contributed by atoms with E-state index in [0.29, 0.717) is 6.54 Å². The summed E-state index contributed by atoms with van der Waals surface area (Å²) < 4.78 is 64.6. The lowest BCUT2D eigenvalue weighted by Crippen LogP contribution is -2.32. The lowest BCUT2D eigenvalue weighted by molar-refractivity contribution is -0.137. The fourth-order valence-electron chi connectivity index (χ4n) is 2.56. The minimum atomic E-state index is -4.54. The van der Waals surface area contributed by atoms with Gasteiger partial charge in [-0.25, -0.2) is 13.1 Å². The van der Waals surface area contributed by atoms with Crippen LogP contribution in [0.4, 0.5) is 13.2 Å². The first kappa shape index (κ1) is 21.9. The molecule has 152 valence electrons. The van der Waals surface area contributed by atoms with Crippen molar-refractivity contribution >= 4 is 15.9 Å². The molecular formula is C19H21F3N2O3S. The monoisotopic (exact) mass is 414 g/mol. The molecule has 0 radical (unpaired) electrons. The average Bonchev–Trinajstić information content (AvgIpc) is 2.61.